The lowest BCUT2D eigenvalue weighted by molar-refractivity contribution is -0.115. The summed E-state index contributed by atoms with van der Waals surface area (Å²) in [7, 11) is 1.59. The van der Waals surface area contributed by atoms with Crippen LogP contribution in [0.2, 0.25) is 0 Å². The number of furan rings is 1. The summed E-state index contributed by atoms with van der Waals surface area (Å²) in [6.45, 7) is 0. The van der Waals surface area contributed by atoms with Gasteiger partial charge in [-0.25, -0.2) is 0 Å². The van der Waals surface area contributed by atoms with Gasteiger partial charge in [-0.1, -0.05) is 0 Å². The van der Waals surface area contributed by atoms with E-state index < -0.39 is 0 Å². The first-order valence-electron chi connectivity index (χ1n) is 6.61. The van der Waals surface area contributed by atoms with Crippen molar-refractivity contribution in [3.8, 4) is 5.75 Å². The van der Waals surface area contributed by atoms with E-state index in [1.807, 2.05) is 6.07 Å². The molecule has 2 heterocycles. The Labute approximate surface area is 135 Å². The third-order valence-electron chi connectivity index (χ3n) is 3.22. The van der Waals surface area contributed by atoms with Crippen LogP contribution in [-0.2, 0) is 11.2 Å². The second kappa shape index (κ2) is 6.19. The van der Waals surface area contributed by atoms with Crippen molar-refractivity contribution in [3.05, 3.63) is 53.0 Å². The Morgan fingerprint density at radius 3 is 3.05 bits per heavy atom. The van der Waals surface area contributed by atoms with E-state index in [9.17, 15) is 4.79 Å². The first-order chi connectivity index (χ1) is 10.7. The molecule has 1 amide bonds. The number of nitrogens with one attached hydrogen (secondary N) is 1. The standard InChI is InChI=1S/C16H13BrN2O3/c1-21-15-7-14-12(6-13(15)17)10(9-22-14)5-16(20)19-11-3-2-4-18-8-11/h2-4,6-9H,5H2,1H3,(H,19,20). The van der Waals surface area contributed by atoms with E-state index in [-0.39, 0.29) is 12.3 Å². The van der Waals surface area contributed by atoms with Crippen molar-refractivity contribution < 1.29 is 13.9 Å². The molecule has 0 aliphatic carbocycles. The predicted octanol–water partition coefficient (Wildman–Crippen LogP) is 3.78. The van der Waals surface area contributed by atoms with Gasteiger partial charge in [-0.2, -0.15) is 0 Å². The fourth-order valence-corrected chi connectivity index (χ4v) is 2.69. The van der Waals surface area contributed by atoms with Crippen LogP contribution in [-0.4, -0.2) is 18.0 Å². The minimum absolute atomic E-state index is 0.123. The average molecular weight is 361 g/mol. The summed E-state index contributed by atoms with van der Waals surface area (Å²) in [5.41, 5.74) is 2.17. The molecule has 3 aromatic rings. The van der Waals surface area contributed by atoms with Crippen molar-refractivity contribution in [1.29, 1.82) is 0 Å². The first kappa shape index (κ1) is 14.6. The molecule has 0 atom stereocenters. The van der Waals surface area contributed by atoms with Crippen LogP contribution in [0.4, 0.5) is 5.69 Å². The highest BCUT2D eigenvalue weighted by Crippen LogP contribution is 2.33. The van der Waals surface area contributed by atoms with Gasteiger partial charge in [0.15, 0.2) is 0 Å². The summed E-state index contributed by atoms with van der Waals surface area (Å²) in [4.78, 5) is 16.1. The van der Waals surface area contributed by atoms with Gasteiger partial charge in [0.1, 0.15) is 11.3 Å². The van der Waals surface area contributed by atoms with Crippen molar-refractivity contribution in [2.24, 2.45) is 0 Å². The van der Waals surface area contributed by atoms with E-state index in [4.69, 9.17) is 9.15 Å². The molecule has 0 saturated carbocycles. The lowest BCUT2D eigenvalue weighted by atomic mass is 10.1. The number of hydrogen-bond acceptors (Lipinski definition) is 4. The molecule has 0 unspecified atom stereocenters. The molecule has 0 fully saturated rings. The zero-order chi connectivity index (χ0) is 15.5. The predicted molar refractivity (Wildman–Crippen MR) is 87.0 cm³/mol. The third kappa shape index (κ3) is 2.96. The minimum atomic E-state index is -0.123. The Morgan fingerprint density at radius 2 is 2.32 bits per heavy atom. The molecule has 3 rings (SSSR count). The SMILES string of the molecule is COc1cc2occ(CC(=O)Nc3cccnc3)c2cc1Br. The highest BCUT2D eigenvalue weighted by Gasteiger charge is 2.13. The number of fused-ring (bicyclic) bond motifs is 1. The Morgan fingerprint density at radius 1 is 1.45 bits per heavy atom. The number of carbonyl (C=O) groups excluding carboxylic acids is 1. The van der Waals surface area contributed by atoms with Crippen LogP contribution in [0.25, 0.3) is 11.0 Å². The molecule has 1 N–H and O–H groups in total. The molecule has 0 radical (unpaired) electrons. The van der Waals surface area contributed by atoms with E-state index >= 15 is 0 Å². The molecule has 0 saturated heterocycles. The number of ether oxygens (including phenoxy) is 1. The lowest BCUT2D eigenvalue weighted by Gasteiger charge is -2.05. The van der Waals surface area contributed by atoms with Crippen LogP contribution in [0.5, 0.6) is 5.75 Å². The van der Waals surface area contributed by atoms with E-state index in [2.05, 4.69) is 26.2 Å². The maximum Gasteiger partial charge on any atom is 0.228 e. The summed E-state index contributed by atoms with van der Waals surface area (Å²) >= 11 is 3.44. The average Bonchev–Trinajstić information content (AvgIpc) is 2.89. The van der Waals surface area contributed by atoms with Crippen LogP contribution >= 0.6 is 15.9 Å². The maximum atomic E-state index is 12.1. The molecular weight excluding hydrogens is 348 g/mol. The van der Waals surface area contributed by atoms with Gasteiger partial charge in [-0.3, -0.25) is 9.78 Å². The number of benzene rings is 1. The molecule has 2 aromatic heterocycles. The molecule has 1 aromatic carbocycles. The van der Waals surface area contributed by atoms with E-state index in [1.165, 1.54) is 0 Å². The number of halogens is 1. The van der Waals surface area contributed by atoms with Crippen LogP contribution in [0, 0.1) is 0 Å². The molecule has 22 heavy (non-hydrogen) atoms. The van der Waals surface area contributed by atoms with Crippen LogP contribution in [0.15, 0.2) is 51.8 Å². The second-order valence-electron chi connectivity index (χ2n) is 4.71. The molecule has 0 aliphatic heterocycles. The molecule has 5 nitrogen and oxygen atoms in total. The normalized spacial score (nSPS) is 10.6. The number of pyridine rings is 1. The Kier molecular flexibility index (Phi) is 4.11. The number of carbonyl (C=O) groups is 1. The Balaban J connectivity index is 1.82. The summed E-state index contributed by atoms with van der Waals surface area (Å²) in [5.74, 6) is 0.566. The van der Waals surface area contributed by atoms with Crippen LogP contribution < -0.4 is 10.1 Å². The number of nitrogens with zero attached hydrogens (tertiary/aromatic N) is 1. The lowest BCUT2D eigenvalue weighted by Crippen LogP contribution is -2.14. The number of anilines is 1. The monoisotopic (exact) mass is 360 g/mol. The highest BCUT2D eigenvalue weighted by molar-refractivity contribution is 9.10. The zero-order valence-corrected chi connectivity index (χ0v) is 13.4. The number of amides is 1. The van der Waals surface area contributed by atoms with Crippen molar-refractivity contribution >= 4 is 38.5 Å². The molecule has 6 heteroatoms. The maximum absolute atomic E-state index is 12.1. The fourth-order valence-electron chi connectivity index (χ4n) is 2.19. The Bertz CT molecular complexity index is 815. The molecule has 0 spiro atoms. The van der Waals surface area contributed by atoms with Gasteiger partial charge in [0.05, 0.1) is 36.2 Å². The second-order valence-corrected chi connectivity index (χ2v) is 5.56. The van der Waals surface area contributed by atoms with Gasteiger partial charge in [-0.15, -0.1) is 0 Å². The summed E-state index contributed by atoms with van der Waals surface area (Å²) < 4.78 is 11.6. The van der Waals surface area contributed by atoms with Gasteiger partial charge in [0.25, 0.3) is 0 Å². The summed E-state index contributed by atoms with van der Waals surface area (Å²) in [6.07, 6.45) is 5.08. The molecular formula is C16H13BrN2O3. The van der Waals surface area contributed by atoms with Crippen LogP contribution in [0.3, 0.4) is 0 Å². The Hall–Kier alpha value is -2.34. The van der Waals surface area contributed by atoms with E-state index in [0.29, 0.717) is 17.0 Å². The van der Waals surface area contributed by atoms with Gasteiger partial charge < -0.3 is 14.5 Å². The molecule has 0 aliphatic rings. The summed E-state index contributed by atoms with van der Waals surface area (Å²) in [5, 5.41) is 3.69. The van der Waals surface area contributed by atoms with E-state index in [1.54, 1.807) is 44.0 Å². The first-order valence-corrected chi connectivity index (χ1v) is 7.40. The third-order valence-corrected chi connectivity index (χ3v) is 3.84. The van der Waals surface area contributed by atoms with Crippen molar-refractivity contribution in [2.75, 3.05) is 12.4 Å². The van der Waals surface area contributed by atoms with Crippen molar-refractivity contribution in [2.45, 2.75) is 6.42 Å². The van der Waals surface area contributed by atoms with Crippen molar-refractivity contribution in [3.63, 3.8) is 0 Å². The smallest absolute Gasteiger partial charge is 0.228 e. The van der Waals surface area contributed by atoms with Gasteiger partial charge in [-0.05, 0) is 34.1 Å². The van der Waals surface area contributed by atoms with Crippen molar-refractivity contribution in [1.82, 2.24) is 4.98 Å². The topological polar surface area (TPSA) is 64.4 Å². The number of methoxy groups -OCH3 is 1. The molecule has 0 bridgehead atoms. The van der Waals surface area contributed by atoms with Crippen LogP contribution in [0.1, 0.15) is 5.56 Å². The molecule has 112 valence electrons. The quantitative estimate of drug-likeness (QED) is 0.768. The summed E-state index contributed by atoms with van der Waals surface area (Å²) in [6, 6.07) is 7.25. The van der Waals surface area contributed by atoms with E-state index in [0.717, 1.165) is 15.4 Å². The minimum Gasteiger partial charge on any atom is -0.495 e. The highest BCUT2D eigenvalue weighted by atomic mass is 79.9. The largest absolute Gasteiger partial charge is 0.495 e. The number of aromatic nitrogens is 1. The van der Waals surface area contributed by atoms with Gasteiger partial charge in [0, 0.05) is 23.2 Å². The van der Waals surface area contributed by atoms with Gasteiger partial charge in [0.2, 0.25) is 5.91 Å². The fraction of sp³-hybridized carbons (Fsp3) is 0.125. The van der Waals surface area contributed by atoms with Gasteiger partial charge >= 0.3 is 0 Å². The number of rotatable bonds is 4. The zero-order valence-electron chi connectivity index (χ0n) is 11.8. The number of hydrogen-bond donors (Lipinski definition) is 1.